The van der Waals surface area contributed by atoms with Gasteiger partial charge in [0.25, 0.3) is 0 Å². The van der Waals surface area contributed by atoms with Crippen LogP contribution in [0, 0.1) is 5.82 Å². The second-order valence-corrected chi connectivity index (χ2v) is 7.99. The molecule has 5 heteroatoms. The highest BCUT2D eigenvalue weighted by Gasteiger charge is 2.16. The van der Waals surface area contributed by atoms with Gasteiger partial charge >= 0.3 is 0 Å². The van der Waals surface area contributed by atoms with E-state index in [1.807, 2.05) is 56.3 Å². The smallest absolute Gasteiger partial charge is 0.231 e. The van der Waals surface area contributed by atoms with Crippen molar-refractivity contribution in [2.75, 3.05) is 13.3 Å². The van der Waals surface area contributed by atoms with E-state index in [1.54, 1.807) is 0 Å². The minimum Gasteiger partial charge on any atom is -0.491 e. The zero-order chi connectivity index (χ0) is 21.6. The molecule has 31 heavy (non-hydrogen) atoms. The van der Waals surface area contributed by atoms with Gasteiger partial charge in [0.2, 0.25) is 6.79 Å². The van der Waals surface area contributed by atoms with Crippen LogP contribution in [0.25, 0.3) is 0 Å². The van der Waals surface area contributed by atoms with E-state index in [-0.39, 0.29) is 24.6 Å². The normalized spacial score (nSPS) is 13.4. The summed E-state index contributed by atoms with van der Waals surface area (Å²) < 4.78 is 30.1. The highest BCUT2D eigenvalue weighted by Crippen LogP contribution is 2.33. The predicted octanol–water partition coefficient (Wildman–Crippen LogP) is 5.65. The summed E-state index contributed by atoms with van der Waals surface area (Å²) in [6, 6.07) is 21.0. The Morgan fingerprint density at radius 2 is 1.58 bits per heavy atom. The third-order valence-electron chi connectivity index (χ3n) is 5.30. The van der Waals surface area contributed by atoms with Crippen LogP contribution in [0.15, 0.2) is 66.7 Å². The van der Waals surface area contributed by atoms with Crippen LogP contribution in [-0.2, 0) is 6.54 Å². The summed E-state index contributed by atoms with van der Waals surface area (Å²) in [5.74, 6) is 2.40. The Morgan fingerprint density at radius 1 is 0.903 bits per heavy atom. The van der Waals surface area contributed by atoms with Gasteiger partial charge in [0.1, 0.15) is 11.6 Å². The summed E-state index contributed by atoms with van der Waals surface area (Å²) in [6.45, 7) is 5.88. The van der Waals surface area contributed by atoms with E-state index < -0.39 is 0 Å². The molecule has 0 bridgehead atoms. The van der Waals surface area contributed by atoms with Crippen molar-refractivity contribution < 1.29 is 18.6 Å². The molecule has 0 unspecified atom stereocenters. The lowest BCUT2D eigenvalue weighted by molar-refractivity contribution is 0.174. The molecule has 162 valence electrons. The third kappa shape index (κ3) is 5.56. The lowest BCUT2D eigenvalue weighted by atomic mass is 9.88. The molecule has 1 aliphatic heterocycles. The molecule has 1 atom stereocenters. The summed E-state index contributed by atoms with van der Waals surface area (Å²) in [5.41, 5.74) is 3.44. The number of halogens is 1. The number of hydrogen-bond donors (Lipinski definition) is 1. The molecule has 0 aliphatic carbocycles. The molecule has 0 spiro atoms. The maximum Gasteiger partial charge on any atom is 0.231 e. The molecule has 0 aromatic heterocycles. The Balaban J connectivity index is 1.41. The third-order valence-corrected chi connectivity index (χ3v) is 5.30. The minimum absolute atomic E-state index is 0.138. The quantitative estimate of drug-likeness (QED) is 0.453. The van der Waals surface area contributed by atoms with Crippen LogP contribution in [0.4, 0.5) is 4.39 Å². The number of benzene rings is 3. The van der Waals surface area contributed by atoms with Crippen molar-refractivity contribution in [2.24, 2.45) is 0 Å². The maximum atomic E-state index is 13.5. The Labute approximate surface area is 183 Å². The van der Waals surface area contributed by atoms with Crippen molar-refractivity contribution in [2.45, 2.75) is 38.8 Å². The topological polar surface area (TPSA) is 39.7 Å². The van der Waals surface area contributed by atoms with Crippen LogP contribution in [0.1, 0.15) is 42.9 Å². The fraction of sp³-hybridized carbons (Fsp3) is 0.308. The zero-order valence-corrected chi connectivity index (χ0v) is 17.9. The van der Waals surface area contributed by atoms with Crippen LogP contribution >= 0.6 is 0 Å². The lowest BCUT2D eigenvalue weighted by Gasteiger charge is -2.19. The highest BCUT2D eigenvalue weighted by molar-refractivity contribution is 5.44. The van der Waals surface area contributed by atoms with Gasteiger partial charge in [-0.05, 0) is 79.9 Å². The molecule has 0 fully saturated rings. The summed E-state index contributed by atoms with van der Waals surface area (Å²) in [6.07, 6.45) is 1.03. The van der Waals surface area contributed by atoms with Gasteiger partial charge in [-0.3, -0.25) is 0 Å². The number of ether oxygens (including phenoxy) is 3. The molecule has 1 N–H and O–H groups in total. The molecule has 3 aromatic rings. The number of rotatable bonds is 9. The lowest BCUT2D eigenvalue weighted by Crippen LogP contribution is -2.18. The molecule has 3 aromatic carbocycles. The van der Waals surface area contributed by atoms with Gasteiger partial charge in [-0.25, -0.2) is 4.39 Å². The second-order valence-electron chi connectivity index (χ2n) is 7.99. The van der Waals surface area contributed by atoms with Gasteiger partial charge in [0.15, 0.2) is 11.5 Å². The van der Waals surface area contributed by atoms with Crippen LogP contribution < -0.4 is 19.5 Å². The van der Waals surface area contributed by atoms with Crippen molar-refractivity contribution in [3.8, 4) is 17.2 Å². The first-order valence-electron chi connectivity index (χ1n) is 10.7. The molecule has 0 saturated heterocycles. The molecular formula is C26H28FNO3. The van der Waals surface area contributed by atoms with Crippen LogP contribution in [0.2, 0.25) is 0 Å². The molecule has 0 radical (unpaired) electrons. The van der Waals surface area contributed by atoms with Crippen LogP contribution in [-0.4, -0.2) is 19.4 Å². The molecule has 0 amide bonds. The summed E-state index contributed by atoms with van der Waals surface area (Å²) in [4.78, 5) is 0. The standard InChI is InChI=1S/C26H28FNO3/c1-18(2)31-23-10-6-21(7-11-23)24(20-4-8-22(27)9-5-20)13-14-28-16-19-3-12-25-26(15-19)30-17-29-25/h3-12,15,18,24,28H,13-14,16-17H2,1-2H3/t24-/m0/s1. The monoisotopic (exact) mass is 421 g/mol. The van der Waals surface area contributed by atoms with Crippen LogP contribution in [0.3, 0.4) is 0 Å². The van der Waals surface area contributed by atoms with E-state index in [0.29, 0.717) is 0 Å². The van der Waals surface area contributed by atoms with Gasteiger partial charge in [-0.15, -0.1) is 0 Å². The first-order chi connectivity index (χ1) is 15.1. The summed E-state index contributed by atoms with van der Waals surface area (Å²) in [5, 5.41) is 3.52. The van der Waals surface area contributed by atoms with Crippen molar-refractivity contribution in [1.82, 2.24) is 5.32 Å². The first-order valence-corrected chi connectivity index (χ1v) is 10.7. The van der Waals surface area contributed by atoms with E-state index in [0.717, 1.165) is 47.9 Å². The SMILES string of the molecule is CC(C)Oc1ccc([C@@H](CCNCc2ccc3c(c2)OCO3)c2ccc(F)cc2)cc1. The van der Waals surface area contributed by atoms with Gasteiger partial charge in [-0.1, -0.05) is 30.3 Å². The number of fused-ring (bicyclic) bond motifs is 1. The van der Waals surface area contributed by atoms with E-state index >= 15 is 0 Å². The fourth-order valence-electron chi connectivity index (χ4n) is 3.80. The molecule has 0 saturated carbocycles. The second kappa shape index (κ2) is 9.84. The molecule has 1 heterocycles. The number of hydrogen-bond acceptors (Lipinski definition) is 4. The Bertz CT molecular complexity index is 987. The predicted molar refractivity (Wildman–Crippen MR) is 119 cm³/mol. The van der Waals surface area contributed by atoms with Crippen LogP contribution in [0.5, 0.6) is 17.2 Å². The van der Waals surface area contributed by atoms with Gasteiger partial charge in [0, 0.05) is 12.5 Å². The largest absolute Gasteiger partial charge is 0.491 e. The Hall–Kier alpha value is -3.05. The molecule has 1 aliphatic rings. The Morgan fingerprint density at radius 3 is 2.29 bits per heavy atom. The van der Waals surface area contributed by atoms with E-state index in [4.69, 9.17) is 14.2 Å². The van der Waals surface area contributed by atoms with Crippen molar-refractivity contribution in [3.63, 3.8) is 0 Å². The van der Waals surface area contributed by atoms with E-state index in [2.05, 4.69) is 17.4 Å². The Kier molecular flexibility index (Phi) is 6.73. The average Bonchev–Trinajstić information content (AvgIpc) is 3.23. The van der Waals surface area contributed by atoms with Crippen molar-refractivity contribution in [3.05, 3.63) is 89.2 Å². The minimum atomic E-state index is -0.218. The summed E-state index contributed by atoms with van der Waals surface area (Å²) in [7, 11) is 0. The van der Waals surface area contributed by atoms with Crippen molar-refractivity contribution in [1.29, 1.82) is 0 Å². The van der Waals surface area contributed by atoms with Gasteiger partial charge in [-0.2, -0.15) is 0 Å². The molecular weight excluding hydrogens is 393 g/mol. The van der Waals surface area contributed by atoms with Gasteiger partial charge in [0.05, 0.1) is 6.10 Å². The summed E-state index contributed by atoms with van der Waals surface area (Å²) >= 11 is 0. The van der Waals surface area contributed by atoms with E-state index in [1.165, 1.54) is 17.7 Å². The zero-order valence-electron chi connectivity index (χ0n) is 17.9. The van der Waals surface area contributed by atoms with Crippen molar-refractivity contribution >= 4 is 0 Å². The molecule has 4 nitrogen and oxygen atoms in total. The van der Waals surface area contributed by atoms with Gasteiger partial charge < -0.3 is 19.5 Å². The fourth-order valence-corrected chi connectivity index (χ4v) is 3.80. The highest BCUT2D eigenvalue weighted by atomic mass is 19.1. The average molecular weight is 422 g/mol. The molecule has 4 rings (SSSR count). The maximum absolute atomic E-state index is 13.5. The van der Waals surface area contributed by atoms with E-state index in [9.17, 15) is 4.39 Å². The first kappa shape index (κ1) is 21.2. The number of nitrogens with one attached hydrogen (secondary N) is 1.